The number of pyridine rings is 1. The van der Waals surface area contributed by atoms with Gasteiger partial charge < -0.3 is 20.1 Å². The summed E-state index contributed by atoms with van der Waals surface area (Å²) in [7, 11) is 1.56. The maximum Gasteiger partial charge on any atom is 0.315 e. The fourth-order valence-electron chi connectivity index (χ4n) is 2.55. The summed E-state index contributed by atoms with van der Waals surface area (Å²) in [5.74, 6) is 1.42. The Kier molecular flexibility index (Phi) is 4.61. The zero-order chi connectivity index (χ0) is 16.1. The molecule has 6 nitrogen and oxygen atoms in total. The van der Waals surface area contributed by atoms with Crippen LogP contribution >= 0.6 is 0 Å². The lowest BCUT2D eigenvalue weighted by atomic mass is 10.1. The molecule has 1 aromatic heterocycles. The van der Waals surface area contributed by atoms with E-state index in [1.54, 1.807) is 19.4 Å². The smallest absolute Gasteiger partial charge is 0.315 e. The van der Waals surface area contributed by atoms with Crippen molar-refractivity contribution in [2.45, 2.75) is 19.1 Å². The van der Waals surface area contributed by atoms with Crippen molar-refractivity contribution in [3.8, 4) is 11.6 Å². The summed E-state index contributed by atoms with van der Waals surface area (Å²) in [5.41, 5.74) is 2.01. The molecule has 0 bridgehead atoms. The Morgan fingerprint density at radius 3 is 3.00 bits per heavy atom. The fourth-order valence-corrected chi connectivity index (χ4v) is 2.55. The average Bonchev–Trinajstić information content (AvgIpc) is 3.01. The van der Waals surface area contributed by atoms with Crippen molar-refractivity contribution in [2.75, 3.05) is 13.7 Å². The molecule has 1 atom stereocenters. The Bertz CT molecular complexity index is 665. The summed E-state index contributed by atoms with van der Waals surface area (Å²) in [6, 6.07) is 11.4. The lowest BCUT2D eigenvalue weighted by Crippen LogP contribution is -2.40. The van der Waals surface area contributed by atoms with Gasteiger partial charge in [0, 0.05) is 24.7 Å². The molecule has 0 spiro atoms. The highest BCUT2D eigenvalue weighted by Crippen LogP contribution is 2.27. The number of hydrogen-bond donors (Lipinski definition) is 2. The summed E-state index contributed by atoms with van der Waals surface area (Å²) < 4.78 is 10.9. The van der Waals surface area contributed by atoms with Crippen LogP contribution < -0.4 is 20.1 Å². The number of amides is 2. The zero-order valence-electron chi connectivity index (χ0n) is 12.9. The summed E-state index contributed by atoms with van der Waals surface area (Å²) in [4.78, 5) is 16.0. The van der Waals surface area contributed by atoms with Crippen molar-refractivity contribution in [2.24, 2.45) is 0 Å². The van der Waals surface area contributed by atoms with Gasteiger partial charge in [0.25, 0.3) is 0 Å². The number of para-hydroxylation sites is 1. The predicted molar refractivity (Wildman–Crippen MR) is 85.6 cm³/mol. The van der Waals surface area contributed by atoms with Gasteiger partial charge in [-0.3, -0.25) is 0 Å². The Morgan fingerprint density at radius 1 is 1.30 bits per heavy atom. The largest absolute Gasteiger partial charge is 0.488 e. The second-order valence-corrected chi connectivity index (χ2v) is 5.29. The van der Waals surface area contributed by atoms with Gasteiger partial charge in [-0.2, -0.15) is 0 Å². The number of carbonyl (C=O) groups is 1. The van der Waals surface area contributed by atoms with Crippen LogP contribution in [0.2, 0.25) is 0 Å². The molecule has 0 radical (unpaired) electrons. The Morgan fingerprint density at radius 2 is 2.17 bits per heavy atom. The van der Waals surface area contributed by atoms with E-state index in [4.69, 9.17) is 9.47 Å². The zero-order valence-corrected chi connectivity index (χ0v) is 12.9. The monoisotopic (exact) mass is 313 g/mol. The molecule has 3 rings (SSSR count). The maximum atomic E-state index is 11.9. The third-order valence-electron chi connectivity index (χ3n) is 3.69. The minimum atomic E-state index is -0.240. The van der Waals surface area contributed by atoms with Crippen LogP contribution in [-0.2, 0) is 13.0 Å². The number of aromatic nitrogens is 1. The van der Waals surface area contributed by atoms with E-state index in [1.807, 2.05) is 30.3 Å². The molecule has 120 valence electrons. The van der Waals surface area contributed by atoms with E-state index in [9.17, 15) is 4.79 Å². The van der Waals surface area contributed by atoms with Gasteiger partial charge >= 0.3 is 6.03 Å². The molecule has 6 heteroatoms. The van der Waals surface area contributed by atoms with Crippen LogP contribution in [0, 0.1) is 0 Å². The number of hydrogen-bond acceptors (Lipinski definition) is 4. The number of urea groups is 1. The number of benzene rings is 1. The third kappa shape index (κ3) is 3.71. The SMILES string of the molecule is COc1ncccc1CNC(=O)NC[C@@H]1Cc2ccccc2O1. The summed E-state index contributed by atoms with van der Waals surface area (Å²) >= 11 is 0. The molecule has 1 aliphatic rings. The number of ether oxygens (including phenoxy) is 2. The molecular formula is C17H19N3O3. The standard InChI is InChI=1S/C17H19N3O3/c1-22-16-13(6-4-8-18-16)10-19-17(21)20-11-14-9-12-5-2-3-7-15(12)23-14/h2-8,14H,9-11H2,1H3,(H2,19,20,21)/t14-/m0/s1. The third-order valence-corrected chi connectivity index (χ3v) is 3.69. The molecule has 0 saturated heterocycles. The van der Waals surface area contributed by atoms with Gasteiger partial charge in [0.1, 0.15) is 11.9 Å². The van der Waals surface area contributed by atoms with Crippen LogP contribution in [0.15, 0.2) is 42.6 Å². The first-order valence-electron chi connectivity index (χ1n) is 7.50. The van der Waals surface area contributed by atoms with Crippen LogP contribution in [0.3, 0.4) is 0 Å². The normalized spacial score (nSPS) is 15.4. The van der Waals surface area contributed by atoms with Crippen LogP contribution in [-0.4, -0.2) is 30.8 Å². The van der Waals surface area contributed by atoms with E-state index in [0.29, 0.717) is 19.0 Å². The van der Waals surface area contributed by atoms with E-state index in [2.05, 4.69) is 15.6 Å². The van der Waals surface area contributed by atoms with Gasteiger partial charge in [0.15, 0.2) is 0 Å². The summed E-state index contributed by atoms with van der Waals surface area (Å²) in [6.45, 7) is 0.819. The van der Waals surface area contributed by atoms with E-state index < -0.39 is 0 Å². The lowest BCUT2D eigenvalue weighted by Gasteiger charge is -2.13. The number of fused-ring (bicyclic) bond motifs is 1. The average molecular weight is 313 g/mol. The number of methoxy groups -OCH3 is 1. The Labute approximate surface area is 134 Å². The van der Waals surface area contributed by atoms with Crippen LogP contribution in [0.4, 0.5) is 4.79 Å². The van der Waals surface area contributed by atoms with Gasteiger partial charge in [0.2, 0.25) is 5.88 Å². The Balaban J connectivity index is 1.44. The van der Waals surface area contributed by atoms with Gasteiger partial charge in [-0.25, -0.2) is 9.78 Å². The highest BCUT2D eigenvalue weighted by atomic mass is 16.5. The second kappa shape index (κ2) is 7.00. The number of nitrogens with one attached hydrogen (secondary N) is 2. The lowest BCUT2D eigenvalue weighted by molar-refractivity contribution is 0.213. The molecule has 1 aromatic carbocycles. The number of carbonyl (C=O) groups excluding carboxylic acids is 1. The molecule has 2 aromatic rings. The quantitative estimate of drug-likeness (QED) is 0.884. The van der Waals surface area contributed by atoms with Gasteiger partial charge in [-0.1, -0.05) is 24.3 Å². The van der Waals surface area contributed by atoms with Gasteiger partial charge in [0.05, 0.1) is 13.7 Å². The first-order valence-corrected chi connectivity index (χ1v) is 7.50. The first-order chi connectivity index (χ1) is 11.3. The molecule has 2 amide bonds. The van der Waals surface area contributed by atoms with Crippen molar-refractivity contribution in [3.05, 3.63) is 53.7 Å². The van der Waals surface area contributed by atoms with E-state index >= 15 is 0 Å². The van der Waals surface area contributed by atoms with Crippen LogP contribution in [0.5, 0.6) is 11.6 Å². The highest BCUT2D eigenvalue weighted by Gasteiger charge is 2.22. The molecule has 0 unspecified atom stereocenters. The molecule has 23 heavy (non-hydrogen) atoms. The molecule has 1 aliphatic heterocycles. The van der Waals surface area contributed by atoms with Gasteiger partial charge in [-0.15, -0.1) is 0 Å². The van der Waals surface area contributed by atoms with Crippen molar-refractivity contribution >= 4 is 6.03 Å². The molecule has 0 fully saturated rings. The first kappa shape index (κ1) is 15.1. The maximum absolute atomic E-state index is 11.9. The van der Waals surface area contributed by atoms with Crippen molar-refractivity contribution in [1.82, 2.24) is 15.6 Å². The summed E-state index contributed by atoms with van der Waals surface area (Å²) in [5, 5.41) is 5.62. The molecular weight excluding hydrogens is 294 g/mol. The number of nitrogens with zero attached hydrogens (tertiary/aromatic N) is 1. The summed E-state index contributed by atoms with van der Waals surface area (Å²) in [6.07, 6.45) is 2.44. The van der Waals surface area contributed by atoms with Gasteiger partial charge in [-0.05, 0) is 17.7 Å². The van der Waals surface area contributed by atoms with Crippen molar-refractivity contribution in [3.63, 3.8) is 0 Å². The van der Waals surface area contributed by atoms with Crippen molar-refractivity contribution in [1.29, 1.82) is 0 Å². The van der Waals surface area contributed by atoms with Crippen molar-refractivity contribution < 1.29 is 14.3 Å². The molecule has 2 N–H and O–H groups in total. The van der Waals surface area contributed by atoms with Crippen LogP contribution in [0.25, 0.3) is 0 Å². The molecule has 0 saturated carbocycles. The van der Waals surface area contributed by atoms with E-state index in [1.165, 1.54) is 5.56 Å². The van der Waals surface area contributed by atoms with E-state index in [0.717, 1.165) is 17.7 Å². The van der Waals surface area contributed by atoms with E-state index in [-0.39, 0.29) is 12.1 Å². The fraction of sp³-hybridized carbons (Fsp3) is 0.294. The minimum absolute atomic E-state index is 0.0221. The van der Waals surface area contributed by atoms with Crippen LogP contribution in [0.1, 0.15) is 11.1 Å². The topological polar surface area (TPSA) is 72.5 Å². The highest BCUT2D eigenvalue weighted by molar-refractivity contribution is 5.73. The minimum Gasteiger partial charge on any atom is -0.488 e. The molecule has 0 aliphatic carbocycles. The Hall–Kier alpha value is -2.76. The molecule has 2 heterocycles. The number of rotatable bonds is 5. The predicted octanol–water partition coefficient (Wildman–Crippen LogP) is 1.89. The second-order valence-electron chi connectivity index (χ2n) is 5.29.